The molecule has 2 aliphatic carbocycles. The molecule has 3 rings (SSSR count). The summed E-state index contributed by atoms with van der Waals surface area (Å²) in [4.78, 5) is 12.1. The maximum Gasteiger partial charge on any atom is 0.225 e. The van der Waals surface area contributed by atoms with Crippen molar-refractivity contribution >= 4 is 21.8 Å². The molecule has 2 aliphatic rings. The minimum absolute atomic E-state index is 0.0339. The number of rotatable bonds is 2. The molecule has 1 saturated carbocycles. The summed E-state index contributed by atoms with van der Waals surface area (Å²) in [6.07, 6.45) is 1.01. The van der Waals surface area contributed by atoms with Crippen LogP contribution in [0.3, 0.4) is 0 Å². The lowest BCUT2D eigenvalue weighted by atomic mass is 10.1. The van der Waals surface area contributed by atoms with Gasteiger partial charge in [0.25, 0.3) is 0 Å². The van der Waals surface area contributed by atoms with Gasteiger partial charge in [-0.2, -0.15) is 0 Å². The Bertz CT molecular complexity index is 500. The van der Waals surface area contributed by atoms with Gasteiger partial charge in [-0.1, -0.05) is 40.2 Å². The van der Waals surface area contributed by atoms with Crippen LogP contribution in [-0.4, -0.2) is 15.3 Å². The molecule has 1 fully saturated rings. The second kappa shape index (κ2) is 4.07. The van der Waals surface area contributed by atoms with Crippen LogP contribution < -0.4 is 5.32 Å². The Labute approximate surface area is 115 Å². The lowest BCUT2D eigenvalue weighted by molar-refractivity contribution is -0.123. The topological polar surface area (TPSA) is 49.3 Å². The highest BCUT2D eigenvalue weighted by molar-refractivity contribution is 9.10. The fourth-order valence-corrected chi connectivity index (χ4v) is 3.26. The average molecular weight is 310 g/mol. The van der Waals surface area contributed by atoms with Gasteiger partial charge in [-0.3, -0.25) is 4.79 Å². The van der Waals surface area contributed by atoms with Crippen LogP contribution in [0, 0.1) is 5.92 Å². The maximum atomic E-state index is 12.1. The molecule has 0 bridgehead atoms. The van der Waals surface area contributed by atoms with E-state index in [0.29, 0.717) is 6.42 Å². The SMILES string of the molecule is CC1(Br)CC1C(=O)NC1CC(O)c2ccccc21. The van der Waals surface area contributed by atoms with Crippen molar-refractivity contribution in [2.45, 2.75) is 36.2 Å². The van der Waals surface area contributed by atoms with Crippen LogP contribution in [-0.2, 0) is 4.79 Å². The van der Waals surface area contributed by atoms with Crippen LogP contribution in [0.4, 0.5) is 0 Å². The molecule has 1 aromatic carbocycles. The zero-order valence-corrected chi connectivity index (χ0v) is 11.8. The van der Waals surface area contributed by atoms with E-state index in [-0.39, 0.29) is 22.2 Å². The molecule has 18 heavy (non-hydrogen) atoms. The van der Waals surface area contributed by atoms with E-state index in [9.17, 15) is 9.90 Å². The molecular weight excluding hydrogens is 294 g/mol. The number of nitrogens with one attached hydrogen (secondary N) is 1. The Hall–Kier alpha value is -0.870. The first-order valence-corrected chi connectivity index (χ1v) is 7.04. The van der Waals surface area contributed by atoms with E-state index >= 15 is 0 Å². The molecule has 0 radical (unpaired) electrons. The molecule has 0 aliphatic heterocycles. The predicted octanol–water partition coefficient (Wildman–Crippen LogP) is 2.45. The number of amides is 1. The van der Waals surface area contributed by atoms with Crippen molar-refractivity contribution in [3.8, 4) is 0 Å². The second-order valence-corrected chi connectivity index (χ2v) is 7.29. The Kier molecular flexibility index (Phi) is 2.75. The lowest BCUT2D eigenvalue weighted by Gasteiger charge is -2.14. The Balaban J connectivity index is 1.74. The zero-order valence-electron chi connectivity index (χ0n) is 10.2. The van der Waals surface area contributed by atoms with Crippen LogP contribution in [0.15, 0.2) is 24.3 Å². The van der Waals surface area contributed by atoms with Crippen LogP contribution in [0.1, 0.15) is 43.0 Å². The molecule has 1 amide bonds. The van der Waals surface area contributed by atoms with Crippen LogP contribution in [0.25, 0.3) is 0 Å². The number of aliphatic hydroxyl groups excluding tert-OH is 1. The third-order valence-corrected chi connectivity index (χ3v) is 4.87. The van der Waals surface area contributed by atoms with E-state index in [2.05, 4.69) is 21.2 Å². The van der Waals surface area contributed by atoms with Crippen molar-refractivity contribution in [1.29, 1.82) is 0 Å². The number of hydrogen-bond acceptors (Lipinski definition) is 2. The van der Waals surface area contributed by atoms with Crippen LogP contribution in [0.2, 0.25) is 0 Å². The molecule has 0 saturated heterocycles. The van der Waals surface area contributed by atoms with Crippen LogP contribution in [0.5, 0.6) is 0 Å². The van der Waals surface area contributed by atoms with Gasteiger partial charge < -0.3 is 10.4 Å². The minimum atomic E-state index is -0.457. The maximum absolute atomic E-state index is 12.1. The first kappa shape index (κ1) is 12.2. The number of halogens is 1. The lowest BCUT2D eigenvalue weighted by Crippen LogP contribution is -2.30. The molecule has 4 unspecified atom stereocenters. The quantitative estimate of drug-likeness (QED) is 0.825. The molecule has 0 heterocycles. The standard InChI is InChI=1S/C14H16BrNO2/c1-14(15)7-10(14)13(18)16-11-6-12(17)9-5-3-2-4-8(9)11/h2-5,10-12,17H,6-7H2,1H3,(H,16,18). The van der Waals surface area contributed by atoms with E-state index < -0.39 is 6.10 Å². The highest BCUT2D eigenvalue weighted by Crippen LogP contribution is 2.51. The Morgan fingerprint density at radius 1 is 1.44 bits per heavy atom. The van der Waals surface area contributed by atoms with Gasteiger partial charge in [0, 0.05) is 10.7 Å². The first-order chi connectivity index (χ1) is 8.49. The first-order valence-electron chi connectivity index (χ1n) is 6.25. The summed E-state index contributed by atoms with van der Waals surface area (Å²) in [5.74, 6) is 0.144. The number of carbonyl (C=O) groups excluding carboxylic acids is 1. The van der Waals surface area contributed by atoms with Crippen molar-refractivity contribution in [2.24, 2.45) is 5.92 Å². The smallest absolute Gasteiger partial charge is 0.225 e. The van der Waals surface area contributed by atoms with E-state index in [1.807, 2.05) is 31.2 Å². The van der Waals surface area contributed by atoms with Crippen molar-refractivity contribution in [1.82, 2.24) is 5.32 Å². The highest BCUT2D eigenvalue weighted by atomic mass is 79.9. The summed E-state index contributed by atoms with van der Waals surface area (Å²) in [5.41, 5.74) is 2.00. The number of hydrogen-bond donors (Lipinski definition) is 2. The fourth-order valence-electron chi connectivity index (χ4n) is 2.72. The van der Waals surface area contributed by atoms with E-state index in [1.165, 1.54) is 0 Å². The van der Waals surface area contributed by atoms with Gasteiger partial charge in [0.2, 0.25) is 5.91 Å². The average Bonchev–Trinajstić information content (AvgIpc) is 2.86. The molecule has 2 N–H and O–H groups in total. The second-order valence-electron chi connectivity index (χ2n) is 5.48. The predicted molar refractivity (Wildman–Crippen MR) is 72.3 cm³/mol. The molecule has 4 heteroatoms. The molecule has 3 nitrogen and oxygen atoms in total. The molecule has 0 spiro atoms. The summed E-state index contributed by atoms with van der Waals surface area (Å²) < 4.78 is -0.0339. The largest absolute Gasteiger partial charge is 0.388 e. The summed E-state index contributed by atoms with van der Waals surface area (Å²) in [6, 6.07) is 7.73. The number of fused-ring (bicyclic) bond motifs is 1. The number of aliphatic hydroxyl groups is 1. The van der Waals surface area contributed by atoms with Crippen LogP contribution >= 0.6 is 15.9 Å². The summed E-state index contributed by atoms with van der Waals surface area (Å²) in [5, 5.41) is 13.0. The Morgan fingerprint density at radius 3 is 2.67 bits per heavy atom. The monoisotopic (exact) mass is 309 g/mol. The summed E-state index contributed by atoms with van der Waals surface area (Å²) >= 11 is 3.54. The fraction of sp³-hybridized carbons (Fsp3) is 0.500. The third-order valence-electron chi connectivity index (χ3n) is 3.99. The van der Waals surface area contributed by atoms with Gasteiger partial charge in [0.1, 0.15) is 0 Å². The highest BCUT2D eigenvalue weighted by Gasteiger charge is 2.53. The van der Waals surface area contributed by atoms with Gasteiger partial charge in [0.05, 0.1) is 18.1 Å². The van der Waals surface area contributed by atoms with Crippen molar-refractivity contribution in [3.05, 3.63) is 35.4 Å². The molecule has 4 atom stereocenters. The van der Waals surface area contributed by atoms with Crippen molar-refractivity contribution in [2.75, 3.05) is 0 Å². The third kappa shape index (κ3) is 1.97. The Morgan fingerprint density at radius 2 is 2.06 bits per heavy atom. The molecular formula is C14H16BrNO2. The number of benzene rings is 1. The van der Waals surface area contributed by atoms with Gasteiger partial charge >= 0.3 is 0 Å². The normalized spacial score (nSPS) is 37.2. The van der Waals surface area contributed by atoms with E-state index in [0.717, 1.165) is 17.5 Å². The van der Waals surface area contributed by atoms with Gasteiger partial charge in [0.15, 0.2) is 0 Å². The van der Waals surface area contributed by atoms with Gasteiger partial charge in [-0.25, -0.2) is 0 Å². The number of alkyl halides is 1. The van der Waals surface area contributed by atoms with Crippen molar-refractivity contribution in [3.63, 3.8) is 0 Å². The molecule has 96 valence electrons. The zero-order chi connectivity index (χ0) is 12.9. The van der Waals surface area contributed by atoms with Crippen molar-refractivity contribution < 1.29 is 9.90 Å². The van der Waals surface area contributed by atoms with E-state index in [4.69, 9.17) is 0 Å². The molecule has 1 aromatic rings. The number of carbonyl (C=O) groups is 1. The van der Waals surface area contributed by atoms with E-state index in [1.54, 1.807) is 0 Å². The molecule has 0 aromatic heterocycles. The summed E-state index contributed by atoms with van der Waals surface area (Å²) in [7, 11) is 0. The minimum Gasteiger partial charge on any atom is -0.388 e. The summed E-state index contributed by atoms with van der Waals surface area (Å²) in [6.45, 7) is 2.04. The van der Waals surface area contributed by atoms with Gasteiger partial charge in [-0.05, 0) is 24.5 Å². The van der Waals surface area contributed by atoms with Gasteiger partial charge in [-0.15, -0.1) is 0 Å².